The molecule has 0 saturated carbocycles. The van der Waals surface area contributed by atoms with E-state index in [1.807, 2.05) is 0 Å². The third-order valence-electron chi connectivity index (χ3n) is 5.23. The van der Waals surface area contributed by atoms with Crippen LogP contribution in [0, 0.1) is 5.41 Å². The summed E-state index contributed by atoms with van der Waals surface area (Å²) in [6.07, 6.45) is 5.20. The van der Waals surface area contributed by atoms with Crippen molar-refractivity contribution in [3.63, 3.8) is 0 Å². The highest BCUT2D eigenvalue weighted by Gasteiger charge is 2.31. The second kappa shape index (κ2) is 8.35. The maximum absolute atomic E-state index is 3.67. The summed E-state index contributed by atoms with van der Waals surface area (Å²) in [5.74, 6) is 0. The molecular formula is C17H37N3. The van der Waals surface area contributed by atoms with Gasteiger partial charge in [-0.3, -0.25) is 0 Å². The van der Waals surface area contributed by atoms with E-state index in [0.29, 0.717) is 11.5 Å². The van der Waals surface area contributed by atoms with Crippen molar-refractivity contribution in [2.24, 2.45) is 5.41 Å². The minimum absolute atomic E-state index is 0.454. The SMILES string of the molecule is CCC(CC)(CNC(C)C)CN1CCC(N(C)C)CC1. The number of piperidine rings is 1. The Labute approximate surface area is 127 Å². The van der Waals surface area contributed by atoms with Crippen molar-refractivity contribution in [2.45, 2.75) is 65.5 Å². The molecule has 0 aromatic heterocycles. The number of nitrogens with one attached hydrogen (secondary N) is 1. The molecule has 0 bridgehead atoms. The van der Waals surface area contributed by atoms with Crippen LogP contribution in [0.5, 0.6) is 0 Å². The zero-order valence-corrected chi connectivity index (χ0v) is 14.7. The monoisotopic (exact) mass is 283 g/mol. The van der Waals surface area contributed by atoms with E-state index in [9.17, 15) is 0 Å². The number of hydrogen-bond donors (Lipinski definition) is 1. The summed E-state index contributed by atoms with van der Waals surface area (Å²) in [4.78, 5) is 5.10. The lowest BCUT2D eigenvalue weighted by Crippen LogP contribution is -2.49. The Morgan fingerprint density at radius 2 is 1.70 bits per heavy atom. The minimum atomic E-state index is 0.454. The zero-order chi connectivity index (χ0) is 15.2. The maximum Gasteiger partial charge on any atom is 0.0113 e. The van der Waals surface area contributed by atoms with Crippen LogP contribution >= 0.6 is 0 Å². The smallest absolute Gasteiger partial charge is 0.0113 e. The van der Waals surface area contributed by atoms with Crippen molar-refractivity contribution in [2.75, 3.05) is 40.3 Å². The average Bonchev–Trinajstić information content (AvgIpc) is 2.44. The number of nitrogens with zero attached hydrogens (tertiary/aromatic N) is 2. The van der Waals surface area contributed by atoms with E-state index in [1.54, 1.807) is 0 Å². The Balaban J connectivity index is 2.50. The van der Waals surface area contributed by atoms with Crippen LogP contribution in [0.4, 0.5) is 0 Å². The molecule has 0 unspecified atom stereocenters. The number of likely N-dealkylation sites (tertiary alicyclic amines) is 1. The lowest BCUT2D eigenvalue weighted by Gasteiger charge is -2.42. The predicted octanol–water partition coefficient (Wildman–Crippen LogP) is 2.82. The summed E-state index contributed by atoms with van der Waals surface area (Å²) in [5.41, 5.74) is 0.454. The molecule has 0 radical (unpaired) electrons. The molecule has 3 nitrogen and oxygen atoms in total. The van der Waals surface area contributed by atoms with Crippen LogP contribution in [-0.4, -0.2) is 62.2 Å². The molecule has 1 fully saturated rings. The lowest BCUT2D eigenvalue weighted by atomic mass is 9.81. The van der Waals surface area contributed by atoms with Gasteiger partial charge in [-0.05, 0) is 58.3 Å². The lowest BCUT2D eigenvalue weighted by molar-refractivity contribution is 0.0860. The van der Waals surface area contributed by atoms with Crippen LogP contribution in [0.15, 0.2) is 0 Å². The predicted molar refractivity (Wildman–Crippen MR) is 89.3 cm³/mol. The first kappa shape index (κ1) is 17.9. The Bertz CT molecular complexity index is 251. The highest BCUT2D eigenvalue weighted by atomic mass is 15.2. The standard InChI is InChI=1S/C17H37N3/c1-7-17(8-2,13-18-15(3)4)14-20-11-9-16(10-12-20)19(5)6/h15-16,18H,7-14H2,1-6H3. The molecule has 0 aliphatic carbocycles. The largest absolute Gasteiger partial charge is 0.314 e. The average molecular weight is 284 g/mol. The van der Waals surface area contributed by atoms with Gasteiger partial charge in [0.2, 0.25) is 0 Å². The van der Waals surface area contributed by atoms with Crippen LogP contribution < -0.4 is 5.32 Å². The molecule has 1 rings (SSSR count). The quantitative estimate of drug-likeness (QED) is 0.739. The van der Waals surface area contributed by atoms with Gasteiger partial charge in [-0.1, -0.05) is 27.7 Å². The van der Waals surface area contributed by atoms with E-state index in [4.69, 9.17) is 0 Å². The molecule has 0 amide bonds. The van der Waals surface area contributed by atoms with Gasteiger partial charge in [-0.2, -0.15) is 0 Å². The van der Waals surface area contributed by atoms with E-state index >= 15 is 0 Å². The molecule has 0 aromatic rings. The van der Waals surface area contributed by atoms with E-state index in [-0.39, 0.29) is 0 Å². The molecule has 0 atom stereocenters. The highest BCUT2D eigenvalue weighted by molar-refractivity contribution is 4.86. The van der Waals surface area contributed by atoms with Crippen LogP contribution in [0.2, 0.25) is 0 Å². The van der Waals surface area contributed by atoms with Crippen LogP contribution in [0.3, 0.4) is 0 Å². The molecular weight excluding hydrogens is 246 g/mol. The van der Waals surface area contributed by atoms with Crippen molar-refractivity contribution in [1.82, 2.24) is 15.1 Å². The van der Waals surface area contributed by atoms with Crippen molar-refractivity contribution < 1.29 is 0 Å². The third-order valence-corrected chi connectivity index (χ3v) is 5.23. The third kappa shape index (κ3) is 5.34. The van der Waals surface area contributed by atoms with Crippen molar-refractivity contribution >= 4 is 0 Å². The zero-order valence-electron chi connectivity index (χ0n) is 14.7. The second-order valence-corrected chi connectivity index (χ2v) is 7.21. The second-order valence-electron chi connectivity index (χ2n) is 7.21. The summed E-state index contributed by atoms with van der Waals surface area (Å²) in [6.45, 7) is 14.2. The fraction of sp³-hybridized carbons (Fsp3) is 1.00. The van der Waals surface area contributed by atoms with Gasteiger partial charge in [0.15, 0.2) is 0 Å². The molecule has 1 aliphatic heterocycles. The van der Waals surface area contributed by atoms with Crippen molar-refractivity contribution in [3.8, 4) is 0 Å². The fourth-order valence-corrected chi connectivity index (χ4v) is 3.27. The summed E-state index contributed by atoms with van der Waals surface area (Å²) in [7, 11) is 4.44. The van der Waals surface area contributed by atoms with Gasteiger partial charge in [0.1, 0.15) is 0 Å². The highest BCUT2D eigenvalue weighted by Crippen LogP contribution is 2.28. The molecule has 1 heterocycles. The van der Waals surface area contributed by atoms with Crippen LogP contribution in [0.25, 0.3) is 0 Å². The van der Waals surface area contributed by atoms with Crippen LogP contribution in [0.1, 0.15) is 53.4 Å². The fourth-order valence-electron chi connectivity index (χ4n) is 3.27. The first-order valence-electron chi connectivity index (χ1n) is 8.54. The van der Waals surface area contributed by atoms with Gasteiger partial charge >= 0.3 is 0 Å². The topological polar surface area (TPSA) is 18.5 Å². The van der Waals surface area contributed by atoms with E-state index in [2.05, 4.69) is 56.9 Å². The van der Waals surface area contributed by atoms with Gasteiger partial charge in [0.25, 0.3) is 0 Å². The molecule has 1 saturated heterocycles. The summed E-state index contributed by atoms with van der Waals surface area (Å²) < 4.78 is 0. The van der Waals surface area contributed by atoms with Crippen molar-refractivity contribution in [1.29, 1.82) is 0 Å². The first-order chi connectivity index (χ1) is 9.42. The molecule has 120 valence electrons. The summed E-state index contributed by atoms with van der Waals surface area (Å²) >= 11 is 0. The van der Waals surface area contributed by atoms with Crippen LogP contribution in [-0.2, 0) is 0 Å². The Hall–Kier alpha value is -0.120. The molecule has 3 heteroatoms. The normalized spacial score (nSPS) is 19.2. The Morgan fingerprint density at radius 1 is 1.15 bits per heavy atom. The molecule has 20 heavy (non-hydrogen) atoms. The number of rotatable bonds is 8. The Kier molecular flexibility index (Phi) is 7.49. The summed E-state index contributed by atoms with van der Waals surface area (Å²) in [6, 6.07) is 1.38. The molecule has 1 aliphatic rings. The van der Waals surface area contributed by atoms with E-state index in [0.717, 1.165) is 12.6 Å². The van der Waals surface area contributed by atoms with E-state index < -0.39 is 0 Å². The molecule has 1 N–H and O–H groups in total. The summed E-state index contributed by atoms with van der Waals surface area (Å²) in [5, 5.41) is 3.67. The van der Waals surface area contributed by atoms with Gasteiger partial charge in [0.05, 0.1) is 0 Å². The minimum Gasteiger partial charge on any atom is -0.314 e. The van der Waals surface area contributed by atoms with Gasteiger partial charge in [-0.15, -0.1) is 0 Å². The Morgan fingerprint density at radius 3 is 2.10 bits per heavy atom. The molecule has 0 spiro atoms. The maximum atomic E-state index is 3.67. The van der Waals surface area contributed by atoms with Crippen molar-refractivity contribution in [3.05, 3.63) is 0 Å². The number of hydrogen-bond acceptors (Lipinski definition) is 3. The van der Waals surface area contributed by atoms with Gasteiger partial charge < -0.3 is 15.1 Å². The van der Waals surface area contributed by atoms with E-state index in [1.165, 1.54) is 45.3 Å². The van der Waals surface area contributed by atoms with Gasteiger partial charge in [0, 0.05) is 25.2 Å². The van der Waals surface area contributed by atoms with Gasteiger partial charge in [-0.25, -0.2) is 0 Å². The first-order valence-corrected chi connectivity index (χ1v) is 8.54. The molecule has 0 aromatic carbocycles.